The number of quaternary nitrogens is 1. The predicted molar refractivity (Wildman–Crippen MR) is 84.2 cm³/mol. The van der Waals surface area contributed by atoms with Crippen LogP contribution in [0.5, 0.6) is 5.75 Å². The van der Waals surface area contributed by atoms with Crippen LogP contribution in [-0.4, -0.2) is 19.2 Å². The van der Waals surface area contributed by atoms with E-state index in [9.17, 15) is 0 Å². The van der Waals surface area contributed by atoms with Gasteiger partial charge in [0.15, 0.2) is 0 Å². The Labute approximate surface area is 123 Å². The third-order valence-corrected chi connectivity index (χ3v) is 4.95. The summed E-state index contributed by atoms with van der Waals surface area (Å²) in [6, 6.07) is 7.19. The number of aryl methyl sites for hydroxylation is 2. The quantitative estimate of drug-likeness (QED) is 0.822. The van der Waals surface area contributed by atoms with E-state index >= 15 is 0 Å². The molecule has 0 spiro atoms. The first-order valence-electron chi connectivity index (χ1n) is 8.11. The largest absolute Gasteiger partial charge is 0.487 e. The monoisotopic (exact) mass is 276 g/mol. The van der Waals surface area contributed by atoms with Gasteiger partial charge in [-0.25, -0.2) is 0 Å². The fourth-order valence-electron chi connectivity index (χ4n) is 3.37. The van der Waals surface area contributed by atoms with Gasteiger partial charge in [0, 0.05) is 5.92 Å². The Morgan fingerprint density at radius 3 is 2.75 bits per heavy atom. The van der Waals surface area contributed by atoms with E-state index in [2.05, 4.69) is 51.2 Å². The summed E-state index contributed by atoms with van der Waals surface area (Å²) in [5.41, 5.74) is 2.54. The minimum Gasteiger partial charge on any atom is -0.487 e. The van der Waals surface area contributed by atoms with E-state index in [0.29, 0.717) is 0 Å². The van der Waals surface area contributed by atoms with Gasteiger partial charge in [0.05, 0.1) is 6.04 Å². The number of benzene rings is 1. The van der Waals surface area contributed by atoms with E-state index in [1.165, 1.54) is 30.4 Å². The van der Waals surface area contributed by atoms with E-state index in [-0.39, 0.29) is 0 Å². The van der Waals surface area contributed by atoms with Crippen LogP contribution in [0.15, 0.2) is 18.2 Å². The lowest BCUT2D eigenvalue weighted by Crippen LogP contribution is -2.92. The number of hydrogen-bond donors (Lipinski definition) is 1. The SMILES string of the molecule is Cc1ccc(OCC[NH2+][C@H]2CCC[C@@H](C)[C@@H]2C)c(C)c1. The third-order valence-electron chi connectivity index (χ3n) is 4.95. The molecule has 2 rings (SSSR count). The van der Waals surface area contributed by atoms with Gasteiger partial charge in [0.2, 0.25) is 0 Å². The highest BCUT2D eigenvalue weighted by Gasteiger charge is 2.29. The third kappa shape index (κ3) is 3.99. The molecule has 0 unspecified atom stereocenters. The minimum atomic E-state index is 0.793. The predicted octanol–water partition coefficient (Wildman–Crippen LogP) is 3.07. The van der Waals surface area contributed by atoms with E-state index in [1.54, 1.807) is 0 Å². The molecule has 20 heavy (non-hydrogen) atoms. The van der Waals surface area contributed by atoms with E-state index in [4.69, 9.17) is 4.74 Å². The maximum atomic E-state index is 5.91. The average Bonchev–Trinajstić information content (AvgIpc) is 2.41. The van der Waals surface area contributed by atoms with Gasteiger partial charge in [-0.05, 0) is 50.7 Å². The highest BCUT2D eigenvalue weighted by Crippen LogP contribution is 2.27. The van der Waals surface area contributed by atoms with Crippen molar-refractivity contribution in [1.82, 2.24) is 0 Å². The first-order chi connectivity index (χ1) is 9.58. The molecule has 3 atom stereocenters. The summed E-state index contributed by atoms with van der Waals surface area (Å²) in [5, 5.41) is 2.50. The van der Waals surface area contributed by atoms with Gasteiger partial charge in [-0.2, -0.15) is 0 Å². The lowest BCUT2D eigenvalue weighted by molar-refractivity contribution is -0.699. The Kier molecular flexibility index (Phi) is 5.47. The first-order valence-corrected chi connectivity index (χ1v) is 8.11. The highest BCUT2D eigenvalue weighted by atomic mass is 16.5. The van der Waals surface area contributed by atoms with Crippen LogP contribution in [0.1, 0.15) is 44.2 Å². The lowest BCUT2D eigenvalue weighted by Gasteiger charge is -2.32. The molecule has 2 heteroatoms. The molecule has 0 saturated heterocycles. The second kappa shape index (κ2) is 7.12. The van der Waals surface area contributed by atoms with Crippen LogP contribution >= 0.6 is 0 Å². The second-order valence-electron chi connectivity index (χ2n) is 6.57. The Bertz CT molecular complexity index is 429. The molecule has 0 aromatic heterocycles. The van der Waals surface area contributed by atoms with Gasteiger partial charge in [-0.1, -0.05) is 31.5 Å². The Morgan fingerprint density at radius 1 is 1.20 bits per heavy atom. The topological polar surface area (TPSA) is 25.8 Å². The van der Waals surface area contributed by atoms with Crippen molar-refractivity contribution in [2.45, 2.75) is 53.0 Å². The normalized spacial score (nSPS) is 26.5. The summed E-state index contributed by atoms with van der Waals surface area (Å²) in [6.07, 6.45) is 4.17. The van der Waals surface area contributed by atoms with Crippen molar-refractivity contribution >= 4 is 0 Å². The molecule has 1 aromatic rings. The molecular weight excluding hydrogens is 246 g/mol. The molecule has 1 aromatic carbocycles. The van der Waals surface area contributed by atoms with Gasteiger partial charge >= 0.3 is 0 Å². The van der Waals surface area contributed by atoms with Gasteiger partial charge in [-0.15, -0.1) is 0 Å². The molecule has 0 heterocycles. The van der Waals surface area contributed by atoms with Crippen molar-refractivity contribution < 1.29 is 10.1 Å². The van der Waals surface area contributed by atoms with Gasteiger partial charge < -0.3 is 10.1 Å². The zero-order valence-electron chi connectivity index (χ0n) is 13.5. The van der Waals surface area contributed by atoms with Gasteiger partial charge in [-0.3, -0.25) is 0 Å². The van der Waals surface area contributed by atoms with Crippen LogP contribution in [0, 0.1) is 25.7 Å². The average molecular weight is 276 g/mol. The Balaban J connectivity index is 1.73. The van der Waals surface area contributed by atoms with Crippen molar-refractivity contribution in [3.8, 4) is 5.75 Å². The van der Waals surface area contributed by atoms with Crippen molar-refractivity contribution in [2.75, 3.05) is 13.2 Å². The molecule has 0 radical (unpaired) electrons. The molecule has 2 N–H and O–H groups in total. The maximum Gasteiger partial charge on any atom is 0.137 e. The number of rotatable bonds is 5. The van der Waals surface area contributed by atoms with Gasteiger partial charge in [0.25, 0.3) is 0 Å². The van der Waals surface area contributed by atoms with Gasteiger partial charge in [0.1, 0.15) is 18.9 Å². The van der Waals surface area contributed by atoms with Crippen molar-refractivity contribution in [1.29, 1.82) is 0 Å². The summed E-state index contributed by atoms with van der Waals surface area (Å²) in [5.74, 6) is 2.75. The van der Waals surface area contributed by atoms with Crippen LogP contribution in [0.3, 0.4) is 0 Å². The van der Waals surface area contributed by atoms with Crippen molar-refractivity contribution in [3.05, 3.63) is 29.3 Å². The molecule has 1 aliphatic carbocycles. The van der Waals surface area contributed by atoms with Crippen molar-refractivity contribution in [3.63, 3.8) is 0 Å². The van der Waals surface area contributed by atoms with Crippen molar-refractivity contribution in [2.24, 2.45) is 11.8 Å². The molecule has 1 fully saturated rings. The standard InChI is InChI=1S/C18H29NO/c1-13-8-9-18(15(3)12-13)20-11-10-19-17-7-5-6-14(2)16(17)4/h8-9,12,14,16-17,19H,5-7,10-11H2,1-4H3/p+1/t14-,16+,17+/m1/s1. The molecular formula is C18H30NO+. The van der Waals surface area contributed by atoms with E-state index < -0.39 is 0 Å². The number of nitrogens with two attached hydrogens (primary N) is 1. The van der Waals surface area contributed by atoms with Crippen LogP contribution in [0.4, 0.5) is 0 Å². The summed E-state index contributed by atoms with van der Waals surface area (Å²) >= 11 is 0. The molecule has 0 bridgehead atoms. The molecule has 1 aliphatic rings. The Hall–Kier alpha value is -1.02. The number of ether oxygens (including phenoxy) is 1. The zero-order valence-corrected chi connectivity index (χ0v) is 13.5. The summed E-state index contributed by atoms with van der Waals surface area (Å²) < 4.78 is 5.91. The van der Waals surface area contributed by atoms with E-state index in [1.807, 2.05) is 0 Å². The Morgan fingerprint density at radius 2 is 2.00 bits per heavy atom. The summed E-state index contributed by atoms with van der Waals surface area (Å²) in [4.78, 5) is 0. The van der Waals surface area contributed by atoms with Crippen LogP contribution in [-0.2, 0) is 0 Å². The summed E-state index contributed by atoms with van der Waals surface area (Å²) in [6.45, 7) is 10.9. The zero-order chi connectivity index (χ0) is 14.5. The lowest BCUT2D eigenvalue weighted by atomic mass is 9.78. The molecule has 112 valence electrons. The second-order valence-corrected chi connectivity index (χ2v) is 6.57. The van der Waals surface area contributed by atoms with Crippen LogP contribution in [0.2, 0.25) is 0 Å². The smallest absolute Gasteiger partial charge is 0.137 e. The minimum absolute atomic E-state index is 0.793. The fourth-order valence-corrected chi connectivity index (χ4v) is 3.37. The fraction of sp³-hybridized carbons (Fsp3) is 0.667. The molecule has 0 aliphatic heterocycles. The summed E-state index contributed by atoms with van der Waals surface area (Å²) in [7, 11) is 0. The van der Waals surface area contributed by atoms with Crippen LogP contribution < -0.4 is 10.1 Å². The number of hydrogen-bond acceptors (Lipinski definition) is 1. The molecule has 0 amide bonds. The highest BCUT2D eigenvalue weighted by molar-refractivity contribution is 5.35. The van der Waals surface area contributed by atoms with Crippen LogP contribution in [0.25, 0.3) is 0 Å². The van der Waals surface area contributed by atoms with E-state index in [0.717, 1.165) is 36.8 Å². The molecule has 1 saturated carbocycles. The first kappa shape index (κ1) is 15.4. The maximum absolute atomic E-state index is 5.91. The molecule has 2 nitrogen and oxygen atoms in total.